The van der Waals surface area contributed by atoms with Crippen molar-refractivity contribution in [1.82, 2.24) is 9.21 Å². The van der Waals surface area contributed by atoms with Crippen LogP contribution in [0.1, 0.15) is 13.3 Å². The molecule has 0 spiro atoms. The molecule has 1 unspecified atom stereocenters. The van der Waals surface area contributed by atoms with Gasteiger partial charge in [-0.2, -0.15) is 17.5 Å². The molecule has 2 aliphatic rings. The van der Waals surface area contributed by atoms with Gasteiger partial charge in [0.15, 0.2) is 0 Å². The van der Waals surface area contributed by atoms with Crippen LogP contribution in [0.25, 0.3) is 0 Å². The average Bonchev–Trinajstić information content (AvgIpc) is 3.09. The Bertz CT molecular complexity index is 964. The zero-order chi connectivity index (χ0) is 23.5. The number of benzene rings is 1. The van der Waals surface area contributed by atoms with E-state index in [1.54, 1.807) is 6.92 Å². The second-order valence-corrected chi connectivity index (χ2v) is 9.33. The Labute approximate surface area is 183 Å². The molecule has 2 aliphatic heterocycles. The largest absolute Gasteiger partial charge is 0.492 e. The van der Waals surface area contributed by atoms with Crippen LogP contribution in [0.4, 0.5) is 18.9 Å². The van der Waals surface area contributed by atoms with Crippen molar-refractivity contribution in [3.8, 4) is 5.75 Å². The van der Waals surface area contributed by atoms with Crippen molar-refractivity contribution < 1.29 is 40.7 Å². The number of hydrogen-bond acceptors (Lipinski definition) is 6. The van der Waals surface area contributed by atoms with E-state index in [4.69, 9.17) is 9.47 Å². The summed E-state index contributed by atoms with van der Waals surface area (Å²) in [5.41, 5.74) is 0.0629. The summed E-state index contributed by atoms with van der Waals surface area (Å²) in [5, 5.41) is 2.52. The Kier molecular flexibility index (Phi) is 7.30. The first-order chi connectivity index (χ1) is 15.0. The summed E-state index contributed by atoms with van der Waals surface area (Å²) in [6, 6.07) is 4.01. The zero-order valence-corrected chi connectivity index (χ0v) is 18.2. The fourth-order valence-electron chi connectivity index (χ4n) is 3.54. The molecular weight excluding hydrogens is 455 g/mol. The van der Waals surface area contributed by atoms with Crippen molar-refractivity contribution >= 4 is 27.5 Å². The average molecular weight is 479 g/mol. The molecule has 1 aromatic rings. The van der Waals surface area contributed by atoms with Crippen LogP contribution >= 0.6 is 0 Å². The first-order valence-electron chi connectivity index (χ1n) is 10.0. The van der Waals surface area contributed by atoms with Crippen molar-refractivity contribution in [2.75, 3.05) is 51.3 Å². The van der Waals surface area contributed by atoms with Gasteiger partial charge in [-0.1, -0.05) is 0 Å². The predicted molar refractivity (Wildman–Crippen MR) is 107 cm³/mol. The van der Waals surface area contributed by atoms with Crippen molar-refractivity contribution in [1.29, 1.82) is 0 Å². The maximum Gasteiger partial charge on any atom is 0.406 e. The monoisotopic (exact) mass is 479 g/mol. The number of alkyl halides is 3. The second-order valence-electron chi connectivity index (χ2n) is 7.39. The van der Waals surface area contributed by atoms with E-state index in [0.717, 1.165) is 0 Å². The van der Waals surface area contributed by atoms with Gasteiger partial charge in [0.2, 0.25) is 21.8 Å². The Morgan fingerprint density at radius 3 is 2.59 bits per heavy atom. The molecule has 32 heavy (non-hydrogen) atoms. The highest BCUT2D eigenvalue weighted by atomic mass is 32.2. The SMILES string of the molecule is CCOc1ccc(S(=O)(=O)N2CCOCC2)cc1NC(=O)C1CC(=O)N(CC(F)(F)F)C1. The minimum absolute atomic E-state index is 0.0629. The van der Waals surface area contributed by atoms with E-state index in [-0.39, 0.29) is 62.2 Å². The van der Waals surface area contributed by atoms with E-state index in [2.05, 4.69) is 5.32 Å². The molecule has 2 fully saturated rings. The molecule has 13 heteroatoms. The van der Waals surface area contributed by atoms with Crippen LogP contribution < -0.4 is 10.1 Å². The maximum atomic E-state index is 12.9. The minimum atomic E-state index is -4.56. The van der Waals surface area contributed by atoms with Gasteiger partial charge < -0.3 is 19.7 Å². The summed E-state index contributed by atoms with van der Waals surface area (Å²) in [7, 11) is -3.85. The molecule has 0 aliphatic carbocycles. The van der Waals surface area contributed by atoms with Gasteiger partial charge in [0.1, 0.15) is 12.3 Å². The second kappa shape index (κ2) is 9.63. The van der Waals surface area contributed by atoms with Gasteiger partial charge in [-0.05, 0) is 25.1 Å². The van der Waals surface area contributed by atoms with Gasteiger partial charge in [0.25, 0.3) is 0 Å². The molecule has 1 N–H and O–H groups in total. The number of anilines is 1. The Hall–Kier alpha value is -2.38. The van der Waals surface area contributed by atoms with Gasteiger partial charge >= 0.3 is 6.18 Å². The fraction of sp³-hybridized carbons (Fsp3) is 0.579. The third-order valence-corrected chi connectivity index (χ3v) is 6.97. The number of likely N-dealkylation sites (tertiary alicyclic amines) is 1. The quantitative estimate of drug-likeness (QED) is 0.635. The van der Waals surface area contributed by atoms with Gasteiger partial charge in [0.05, 0.1) is 36.3 Å². The molecule has 2 saturated heterocycles. The number of carbonyl (C=O) groups is 2. The van der Waals surface area contributed by atoms with Crippen LogP contribution in [0.15, 0.2) is 23.1 Å². The summed E-state index contributed by atoms with van der Waals surface area (Å²) < 4.78 is 75.6. The van der Waals surface area contributed by atoms with Crippen LogP contribution in [0, 0.1) is 5.92 Å². The van der Waals surface area contributed by atoms with E-state index in [1.165, 1.54) is 22.5 Å². The normalized spacial score (nSPS) is 20.4. The standard InChI is InChI=1S/C19H24F3N3O6S/c1-2-31-16-4-3-14(32(28,29)25-5-7-30-8-6-25)10-15(16)23-18(27)13-9-17(26)24(11-13)12-19(20,21)22/h3-4,10,13H,2,5-9,11-12H2,1H3,(H,23,27). The molecule has 9 nitrogen and oxygen atoms in total. The number of carbonyl (C=O) groups excluding carboxylic acids is 2. The van der Waals surface area contributed by atoms with Gasteiger partial charge in [0, 0.05) is 26.1 Å². The van der Waals surface area contributed by atoms with E-state index in [0.29, 0.717) is 4.90 Å². The highest BCUT2D eigenvalue weighted by molar-refractivity contribution is 7.89. The summed E-state index contributed by atoms with van der Waals surface area (Å²) in [6.45, 7) is 1.06. The van der Waals surface area contributed by atoms with Crippen LogP contribution in [-0.2, 0) is 24.3 Å². The van der Waals surface area contributed by atoms with Crippen LogP contribution in [0.5, 0.6) is 5.75 Å². The van der Waals surface area contributed by atoms with Crippen molar-refractivity contribution in [3.63, 3.8) is 0 Å². The van der Waals surface area contributed by atoms with Crippen molar-refractivity contribution in [2.24, 2.45) is 5.92 Å². The van der Waals surface area contributed by atoms with E-state index >= 15 is 0 Å². The molecule has 178 valence electrons. The van der Waals surface area contributed by atoms with Crippen LogP contribution in [0.3, 0.4) is 0 Å². The molecule has 0 saturated carbocycles. The molecule has 2 amide bonds. The maximum absolute atomic E-state index is 12.9. The molecular formula is C19H24F3N3O6S. The Morgan fingerprint density at radius 2 is 1.97 bits per heavy atom. The number of sulfonamides is 1. The predicted octanol–water partition coefficient (Wildman–Crippen LogP) is 1.46. The molecule has 3 rings (SSSR count). The number of hydrogen-bond donors (Lipinski definition) is 1. The highest BCUT2D eigenvalue weighted by Gasteiger charge is 2.40. The Morgan fingerprint density at radius 1 is 1.28 bits per heavy atom. The first kappa shape index (κ1) is 24.3. The third kappa shape index (κ3) is 5.70. The fourth-order valence-corrected chi connectivity index (χ4v) is 4.97. The smallest absolute Gasteiger partial charge is 0.406 e. The molecule has 0 bridgehead atoms. The molecule has 2 heterocycles. The lowest BCUT2D eigenvalue weighted by molar-refractivity contribution is -0.157. The number of nitrogens with one attached hydrogen (secondary N) is 1. The summed E-state index contributed by atoms with van der Waals surface area (Å²) >= 11 is 0. The highest BCUT2D eigenvalue weighted by Crippen LogP contribution is 2.31. The number of nitrogens with zero attached hydrogens (tertiary/aromatic N) is 2. The van der Waals surface area contributed by atoms with E-state index < -0.39 is 40.5 Å². The van der Waals surface area contributed by atoms with Gasteiger partial charge in [-0.15, -0.1) is 0 Å². The lowest BCUT2D eigenvalue weighted by Crippen LogP contribution is -2.40. The summed E-state index contributed by atoms with van der Waals surface area (Å²) in [5.74, 6) is -2.25. The number of ether oxygens (including phenoxy) is 2. The number of amides is 2. The van der Waals surface area contributed by atoms with Crippen molar-refractivity contribution in [3.05, 3.63) is 18.2 Å². The van der Waals surface area contributed by atoms with Gasteiger partial charge in [-0.3, -0.25) is 9.59 Å². The summed E-state index contributed by atoms with van der Waals surface area (Å²) in [4.78, 5) is 25.1. The molecule has 1 atom stereocenters. The summed E-state index contributed by atoms with van der Waals surface area (Å²) in [6.07, 6.45) is -4.93. The topological polar surface area (TPSA) is 105 Å². The van der Waals surface area contributed by atoms with E-state index in [1.807, 2.05) is 0 Å². The van der Waals surface area contributed by atoms with Crippen LogP contribution in [0.2, 0.25) is 0 Å². The lowest BCUT2D eigenvalue weighted by Gasteiger charge is -2.26. The number of halogens is 3. The molecule has 0 radical (unpaired) electrons. The molecule has 1 aromatic carbocycles. The van der Waals surface area contributed by atoms with E-state index in [9.17, 15) is 31.2 Å². The first-order valence-corrected chi connectivity index (χ1v) is 11.5. The van der Waals surface area contributed by atoms with Gasteiger partial charge in [-0.25, -0.2) is 8.42 Å². The lowest BCUT2D eigenvalue weighted by atomic mass is 10.1. The number of rotatable bonds is 7. The minimum Gasteiger partial charge on any atom is -0.492 e. The molecule has 0 aromatic heterocycles. The number of morpholine rings is 1. The van der Waals surface area contributed by atoms with Crippen molar-refractivity contribution in [2.45, 2.75) is 24.4 Å². The zero-order valence-electron chi connectivity index (χ0n) is 17.4. The Balaban J connectivity index is 1.79. The third-order valence-electron chi connectivity index (χ3n) is 5.07. The van der Waals surface area contributed by atoms with Crippen LogP contribution in [-0.4, -0.2) is 81.6 Å².